The number of carbonyl (C=O) groups is 2. The van der Waals surface area contributed by atoms with Gasteiger partial charge in [0, 0.05) is 42.5 Å². The van der Waals surface area contributed by atoms with Gasteiger partial charge >= 0.3 is 6.18 Å². The van der Waals surface area contributed by atoms with Gasteiger partial charge in [0.1, 0.15) is 11.3 Å². The Labute approximate surface area is 210 Å². The molecule has 1 aliphatic rings. The van der Waals surface area contributed by atoms with E-state index in [9.17, 15) is 22.8 Å². The van der Waals surface area contributed by atoms with Gasteiger partial charge in [-0.15, -0.1) is 0 Å². The fraction of sp³-hybridized carbons (Fsp3) is 0.435. The molecule has 0 bridgehead atoms. The van der Waals surface area contributed by atoms with Gasteiger partial charge in [0.15, 0.2) is 0 Å². The van der Waals surface area contributed by atoms with Crippen molar-refractivity contribution >= 4 is 34.5 Å². The molecule has 0 unspecified atom stereocenters. The lowest BCUT2D eigenvalue weighted by Crippen LogP contribution is -2.49. The van der Waals surface area contributed by atoms with Crippen LogP contribution in [0.4, 0.5) is 24.8 Å². The van der Waals surface area contributed by atoms with Crippen molar-refractivity contribution in [3.05, 3.63) is 30.2 Å². The number of halogens is 3. The van der Waals surface area contributed by atoms with E-state index >= 15 is 0 Å². The van der Waals surface area contributed by atoms with Gasteiger partial charge in [0.25, 0.3) is 0 Å². The molecular weight excluding hydrogens is 491 g/mol. The highest BCUT2D eigenvalue weighted by molar-refractivity contribution is 5.95. The number of primary amides is 1. The minimum atomic E-state index is -4.54. The smallest absolute Gasteiger partial charge is 0.396 e. The maximum absolute atomic E-state index is 13.2. The SMILES string of the molecule is C[C@@H](Nc1ncc(N)c(-c2c[nH]c3ncc(C(F)(F)F)cc23)n1)C1CCN(C(=O)[C@H](N)CC(N)=O)CC1. The molecule has 1 fully saturated rings. The number of carbonyl (C=O) groups excluding carboxylic acids is 2. The molecule has 0 aromatic carbocycles. The third-order valence-electron chi connectivity index (χ3n) is 6.58. The predicted octanol–water partition coefficient (Wildman–Crippen LogP) is 1.86. The van der Waals surface area contributed by atoms with E-state index in [-0.39, 0.29) is 52.7 Å². The number of likely N-dealkylation sites (tertiary alicyclic amines) is 1. The van der Waals surface area contributed by atoms with Gasteiger partial charge in [-0.25, -0.2) is 15.0 Å². The van der Waals surface area contributed by atoms with Gasteiger partial charge in [-0.05, 0) is 31.7 Å². The first kappa shape index (κ1) is 26.1. The number of pyridine rings is 1. The topological polar surface area (TPSA) is 182 Å². The lowest BCUT2D eigenvalue weighted by molar-refractivity contribution is -0.137. The predicted molar refractivity (Wildman–Crippen MR) is 131 cm³/mol. The number of anilines is 2. The van der Waals surface area contributed by atoms with Gasteiger partial charge < -0.3 is 32.4 Å². The van der Waals surface area contributed by atoms with Crippen LogP contribution in [0.25, 0.3) is 22.3 Å². The van der Waals surface area contributed by atoms with Gasteiger partial charge in [-0.1, -0.05) is 0 Å². The van der Waals surface area contributed by atoms with Gasteiger partial charge in [0.2, 0.25) is 17.8 Å². The average molecular weight is 520 g/mol. The Bertz CT molecular complexity index is 1300. The van der Waals surface area contributed by atoms with E-state index in [1.807, 2.05) is 6.92 Å². The summed E-state index contributed by atoms with van der Waals surface area (Å²) in [5.74, 6) is -0.465. The van der Waals surface area contributed by atoms with E-state index in [0.29, 0.717) is 31.5 Å². The van der Waals surface area contributed by atoms with Crippen molar-refractivity contribution in [2.24, 2.45) is 17.4 Å². The molecule has 0 aliphatic carbocycles. The molecule has 198 valence electrons. The van der Waals surface area contributed by atoms with E-state index in [1.165, 1.54) is 12.4 Å². The molecule has 3 aromatic rings. The van der Waals surface area contributed by atoms with E-state index in [1.54, 1.807) is 4.90 Å². The van der Waals surface area contributed by atoms with Crippen LogP contribution in [0.5, 0.6) is 0 Å². The van der Waals surface area contributed by atoms with Crippen molar-refractivity contribution in [2.75, 3.05) is 24.1 Å². The van der Waals surface area contributed by atoms with Crippen LogP contribution in [0.3, 0.4) is 0 Å². The quantitative estimate of drug-likeness (QED) is 0.313. The molecule has 37 heavy (non-hydrogen) atoms. The third kappa shape index (κ3) is 5.74. The van der Waals surface area contributed by atoms with Crippen LogP contribution in [0, 0.1) is 5.92 Å². The summed E-state index contributed by atoms with van der Waals surface area (Å²) in [6.45, 7) is 2.94. The maximum Gasteiger partial charge on any atom is 0.417 e. The lowest BCUT2D eigenvalue weighted by Gasteiger charge is -2.36. The van der Waals surface area contributed by atoms with Crippen molar-refractivity contribution in [1.82, 2.24) is 24.8 Å². The number of H-pyrrole nitrogens is 1. The fourth-order valence-corrected chi connectivity index (χ4v) is 4.51. The molecule has 1 aliphatic heterocycles. The number of nitrogens with two attached hydrogens (primary N) is 3. The number of nitrogen functional groups attached to an aromatic ring is 1. The minimum Gasteiger partial charge on any atom is -0.396 e. The number of aromatic amines is 1. The largest absolute Gasteiger partial charge is 0.417 e. The number of fused-ring (bicyclic) bond motifs is 1. The summed E-state index contributed by atoms with van der Waals surface area (Å²) in [6.07, 6.45) is 0.335. The minimum absolute atomic E-state index is 0.0745. The summed E-state index contributed by atoms with van der Waals surface area (Å²) in [5.41, 5.74) is 17.3. The highest BCUT2D eigenvalue weighted by atomic mass is 19.4. The molecular formula is C23H28F3N9O2. The molecule has 1 saturated heterocycles. The zero-order valence-corrected chi connectivity index (χ0v) is 20.0. The summed E-state index contributed by atoms with van der Waals surface area (Å²) in [4.78, 5) is 40.5. The number of amides is 2. The molecule has 2 amide bonds. The summed E-state index contributed by atoms with van der Waals surface area (Å²) in [5, 5.41) is 3.49. The van der Waals surface area contributed by atoms with Crippen LogP contribution in [-0.4, -0.2) is 61.8 Å². The number of piperidine rings is 1. The van der Waals surface area contributed by atoms with Crippen molar-refractivity contribution in [3.63, 3.8) is 0 Å². The van der Waals surface area contributed by atoms with Crippen LogP contribution in [-0.2, 0) is 15.8 Å². The van der Waals surface area contributed by atoms with E-state index in [0.717, 1.165) is 12.3 Å². The first-order valence-electron chi connectivity index (χ1n) is 11.7. The molecule has 14 heteroatoms. The van der Waals surface area contributed by atoms with E-state index in [4.69, 9.17) is 17.2 Å². The Hall–Kier alpha value is -3.94. The number of aromatic nitrogens is 4. The molecule has 0 radical (unpaired) electrons. The number of alkyl halides is 3. The van der Waals surface area contributed by atoms with Crippen molar-refractivity contribution < 1.29 is 22.8 Å². The second-order valence-electron chi connectivity index (χ2n) is 9.19. The average Bonchev–Trinajstić information content (AvgIpc) is 3.27. The number of hydrogen-bond donors (Lipinski definition) is 5. The number of hydrogen-bond acceptors (Lipinski definition) is 8. The van der Waals surface area contributed by atoms with Crippen molar-refractivity contribution in [1.29, 1.82) is 0 Å². The molecule has 8 N–H and O–H groups in total. The molecule has 4 heterocycles. The van der Waals surface area contributed by atoms with Crippen LogP contribution >= 0.6 is 0 Å². The Morgan fingerprint density at radius 2 is 1.95 bits per heavy atom. The highest BCUT2D eigenvalue weighted by Crippen LogP contribution is 2.35. The molecule has 0 spiro atoms. The number of nitrogens with one attached hydrogen (secondary N) is 2. The number of nitrogens with zero attached hydrogens (tertiary/aromatic N) is 4. The Kier molecular flexibility index (Phi) is 7.21. The van der Waals surface area contributed by atoms with Crippen molar-refractivity contribution in [3.8, 4) is 11.3 Å². The molecule has 4 rings (SSSR count). The van der Waals surface area contributed by atoms with Crippen LogP contribution in [0.2, 0.25) is 0 Å². The van der Waals surface area contributed by atoms with Crippen LogP contribution in [0.1, 0.15) is 31.7 Å². The van der Waals surface area contributed by atoms with Gasteiger partial charge in [0.05, 0.1) is 29.9 Å². The summed E-state index contributed by atoms with van der Waals surface area (Å²) < 4.78 is 39.7. The first-order chi connectivity index (χ1) is 17.4. The summed E-state index contributed by atoms with van der Waals surface area (Å²) in [6, 6.07) is -0.0110. The second-order valence-corrected chi connectivity index (χ2v) is 9.19. The summed E-state index contributed by atoms with van der Waals surface area (Å²) in [7, 11) is 0. The third-order valence-corrected chi connectivity index (χ3v) is 6.58. The standard InChI is InChI=1S/C23H28F3N9O2/c1-11(12-2-4-35(5-3-12)21(37)16(27)7-18(29)36)33-22-32-10-17(28)19(34-22)15-9-31-20-14(15)6-13(8-30-20)23(24,25)26/h6,8-12,16H,2-5,7,27-28H2,1H3,(H2,29,36)(H,30,31)(H,32,33,34)/t11-,16-/m1/s1. The highest BCUT2D eigenvalue weighted by Gasteiger charge is 2.32. The second kappa shape index (κ2) is 10.2. The van der Waals surface area contributed by atoms with Crippen LogP contribution < -0.4 is 22.5 Å². The molecule has 0 saturated carbocycles. The zero-order valence-electron chi connectivity index (χ0n) is 20.0. The van der Waals surface area contributed by atoms with Gasteiger partial charge in [-0.3, -0.25) is 9.59 Å². The normalized spacial score (nSPS) is 16.5. The Morgan fingerprint density at radius 1 is 1.24 bits per heavy atom. The van der Waals surface area contributed by atoms with E-state index < -0.39 is 23.7 Å². The first-order valence-corrected chi connectivity index (χ1v) is 11.7. The zero-order chi connectivity index (χ0) is 26.9. The Morgan fingerprint density at radius 3 is 2.59 bits per heavy atom. The molecule has 3 aromatic heterocycles. The molecule has 2 atom stereocenters. The molecule has 11 nitrogen and oxygen atoms in total. The summed E-state index contributed by atoms with van der Waals surface area (Å²) >= 11 is 0. The van der Waals surface area contributed by atoms with Crippen molar-refractivity contribution in [2.45, 2.75) is 44.4 Å². The van der Waals surface area contributed by atoms with E-state index in [2.05, 4.69) is 25.3 Å². The Balaban J connectivity index is 1.46. The monoisotopic (exact) mass is 519 g/mol. The fourth-order valence-electron chi connectivity index (χ4n) is 4.51. The number of rotatable bonds is 7. The van der Waals surface area contributed by atoms with Gasteiger partial charge in [-0.2, -0.15) is 13.2 Å². The maximum atomic E-state index is 13.2. The van der Waals surface area contributed by atoms with Crippen LogP contribution in [0.15, 0.2) is 24.7 Å². The lowest BCUT2D eigenvalue weighted by atomic mass is 9.90.